The predicted octanol–water partition coefficient (Wildman–Crippen LogP) is 5.21. The van der Waals surface area contributed by atoms with Gasteiger partial charge in [-0.3, -0.25) is 0 Å². The Kier molecular flexibility index (Phi) is 5.05. The lowest BCUT2D eigenvalue weighted by atomic mass is 10.1. The summed E-state index contributed by atoms with van der Waals surface area (Å²) in [5.74, 6) is 0.535. The maximum atomic E-state index is 4.68. The van der Waals surface area contributed by atoms with Crippen molar-refractivity contribution in [3.05, 3.63) is 104 Å². The first-order chi connectivity index (χ1) is 15.3. The Morgan fingerprint density at radius 1 is 0.710 bits per heavy atom. The van der Waals surface area contributed by atoms with Crippen LogP contribution in [0.25, 0.3) is 16.9 Å². The molecule has 0 spiro atoms. The van der Waals surface area contributed by atoms with Crippen molar-refractivity contribution in [3.8, 4) is 16.9 Å². The van der Waals surface area contributed by atoms with E-state index < -0.39 is 0 Å². The fraction of sp³-hybridized carbons (Fsp3) is 0. The van der Waals surface area contributed by atoms with Gasteiger partial charge in [-0.2, -0.15) is 5.10 Å². The molecule has 0 radical (unpaired) electrons. The van der Waals surface area contributed by atoms with Gasteiger partial charge in [-0.05, 0) is 54.6 Å². The average Bonchev–Trinajstić information content (AvgIpc) is 3.36. The largest absolute Gasteiger partial charge is 0.356 e. The van der Waals surface area contributed by atoms with Crippen LogP contribution < -0.4 is 10.6 Å². The molecule has 0 bridgehead atoms. The van der Waals surface area contributed by atoms with E-state index in [2.05, 4.69) is 36.8 Å². The van der Waals surface area contributed by atoms with Crippen LogP contribution in [-0.2, 0) is 0 Å². The maximum absolute atomic E-state index is 4.68. The summed E-state index contributed by atoms with van der Waals surface area (Å²) in [5.41, 5.74) is 5.71. The van der Waals surface area contributed by atoms with Crippen LogP contribution in [0.3, 0.4) is 0 Å². The summed E-state index contributed by atoms with van der Waals surface area (Å²) in [6.45, 7) is 0. The number of anilines is 4. The lowest BCUT2D eigenvalue weighted by Gasteiger charge is -2.10. The van der Waals surface area contributed by atoms with Crippen LogP contribution in [0.2, 0.25) is 0 Å². The third-order valence-electron chi connectivity index (χ3n) is 4.68. The molecule has 2 N–H and O–H groups in total. The summed E-state index contributed by atoms with van der Waals surface area (Å²) in [6, 6.07) is 28.0. The SMILES string of the molecule is c1ccc(Nc2cccc(-c3ccnc(Nc4ccc(-n5cncn5)cc4)n3)c2)cc1. The monoisotopic (exact) mass is 405 g/mol. The summed E-state index contributed by atoms with van der Waals surface area (Å²) in [6.07, 6.45) is 4.93. The molecular formula is C24H19N7. The number of aromatic nitrogens is 5. The van der Waals surface area contributed by atoms with Gasteiger partial charge >= 0.3 is 0 Å². The van der Waals surface area contributed by atoms with Crippen LogP contribution in [0.5, 0.6) is 0 Å². The van der Waals surface area contributed by atoms with E-state index in [0.29, 0.717) is 5.95 Å². The van der Waals surface area contributed by atoms with Crippen LogP contribution in [0.1, 0.15) is 0 Å². The first-order valence-corrected chi connectivity index (χ1v) is 9.81. The van der Waals surface area contributed by atoms with E-state index in [1.165, 1.54) is 6.33 Å². The molecule has 0 unspecified atom stereocenters. The van der Waals surface area contributed by atoms with E-state index in [0.717, 1.165) is 34.0 Å². The highest BCUT2D eigenvalue weighted by atomic mass is 15.3. The summed E-state index contributed by atoms with van der Waals surface area (Å²) in [4.78, 5) is 13.0. The number of rotatable bonds is 6. The first kappa shape index (κ1) is 18.5. The normalized spacial score (nSPS) is 10.6. The lowest BCUT2D eigenvalue weighted by Crippen LogP contribution is -1.99. The predicted molar refractivity (Wildman–Crippen MR) is 122 cm³/mol. The number of hydrogen-bond acceptors (Lipinski definition) is 6. The molecule has 0 amide bonds. The molecule has 31 heavy (non-hydrogen) atoms. The number of benzene rings is 3. The van der Waals surface area contributed by atoms with Crippen molar-refractivity contribution in [2.45, 2.75) is 0 Å². The summed E-state index contributed by atoms with van der Waals surface area (Å²) >= 11 is 0. The fourth-order valence-electron chi connectivity index (χ4n) is 3.19. The van der Waals surface area contributed by atoms with E-state index >= 15 is 0 Å². The molecule has 2 heterocycles. The summed E-state index contributed by atoms with van der Waals surface area (Å²) in [5, 5.41) is 10.8. The van der Waals surface area contributed by atoms with E-state index in [4.69, 9.17) is 0 Å². The minimum atomic E-state index is 0.535. The second-order valence-corrected chi connectivity index (χ2v) is 6.85. The van der Waals surface area contributed by atoms with Crippen LogP contribution >= 0.6 is 0 Å². The summed E-state index contributed by atoms with van der Waals surface area (Å²) < 4.78 is 1.71. The highest BCUT2D eigenvalue weighted by Gasteiger charge is 2.05. The molecule has 150 valence electrons. The van der Waals surface area contributed by atoms with Gasteiger partial charge in [0.2, 0.25) is 5.95 Å². The second-order valence-electron chi connectivity index (χ2n) is 6.85. The van der Waals surface area contributed by atoms with E-state index in [-0.39, 0.29) is 0 Å². The molecule has 0 saturated carbocycles. The molecule has 5 rings (SSSR count). The smallest absolute Gasteiger partial charge is 0.227 e. The van der Waals surface area contributed by atoms with Gasteiger partial charge in [0.25, 0.3) is 0 Å². The third-order valence-corrected chi connectivity index (χ3v) is 4.68. The number of nitrogens with one attached hydrogen (secondary N) is 2. The zero-order valence-corrected chi connectivity index (χ0v) is 16.6. The Hall–Kier alpha value is -4.52. The number of nitrogens with zero attached hydrogens (tertiary/aromatic N) is 5. The summed E-state index contributed by atoms with van der Waals surface area (Å²) in [7, 11) is 0. The van der Waals surface area contributed by atoms with Gasteiger partial charge < -0.3 is 10.6 Å². The average molecular weight is 405 g/mol. The molecule has 0 aliphatic rings. The molecule has 0 fully saturated rings. The molecule has 0 saturated heterocycles. The van der Waals surface area contributed by atoms with E-state index in [1.54, 1.807) is 17.2 Å². The molecule has 0 aliphatic carbocycles. The van der Waals surface area contributed by atoms with E-state index in [9.17, 15) is 0 Å². The first-order valence-electron chi connectivity index (χ1n) is 9.81. The van der Waals surface area contributed by atoms with Gasteiger partial charge in [-0.25, -0.2) is 19.6 Å². The van der Waals surface area contributed by atoms with Gasteiger partial charge in [-0.1, -0.05) is 30.3 Å². The van der Waals surface area contributed by atoms with Gasteiger partial charge in [0.05, 0.1) is 11.4 Å². The molecule has 7 heteroatoms. The molecular weight excluding hydrogens is 386 g/mol. The number of hydrogen-bond donors (Lipinski definition) is 2. The Morgan fingerprint density at radius 3 is 2.32 bits per heavy atom. The Bertz CT molecular complexity index is 1270. The van der Waals surface area contributed by atoms with Crippen LogP contribution in [0.15, 0.2) is 104 Å². The zero-order valence-electron chi connectivity index (χ0n) is 16.6. The van der Waals surface area contributed by atoms with Crippen molar-refractivity contribution in [2.75, 3.05) is 10.6 Å². The van der Waals surface area contributed by atoms with Crippen molar-refractivity contribution in [1.82, 2.24) is 24.7 Å². The highest BCUT2D eigenvalue weighted by Crippen LogP contribution is 2.24. The molecule has 3 aromatic carbocycles. The van der Waals surface area contributed by atoms with Gasteiger partial charge in [0.15, 0.2) is 0 Å². The van der Waals surface area contributed by atoms with Gasteiger partial charge in [0, 0.05) is 28.8 Å². The van der Waals surface area contributed by atoms with Crippen molar-refractivity contribution < 1.29 is 0 Å². The molecule has 5 aromatic rings. The molecule has 0 atom stereocenters. The van der Waals surface area contributed by atoms with Crippen molar-refractivity contribution in [1.29, 1.82) is 0 Å². The van der Waals surface area contributed by atoms with Crippen LogP contribution in [0.4, 0.5) is 23.0 Å². The van der Waals surface area contributed by atoms with Crippen LogP contribution in [-0.4, -0.2) is 24.7 Å². The van der Waals surface area contributed by atoms with Crippen molar-refractivity contribution in [2.24, 2.45) is 0 Å². The Labute approximate surface area is 179 Å². The zero-order chi connectivity index (χ0) is 20.9. The molecule has 2 aromatic heterocycles. The second kappa shape index (κ2) is 8.46. The minimum Gasteiger partial charge on any atom is -0.356 e. The van der Waals surface area contributed by atoms with Crippen LogP contribution in [0, 0.1) is 0 Å². The minimum absolute atomic E-state index is 0.535. The topological polar surface area (TPSA) is 80.5 Å². The quantitative estimate of drug-likeness (QED) is 0.404. The van der Waals surface area contributed by atoms with E-state index in [1.807, 2.05) is 78.9 Å². The fourth-order valence-corrected chi connectivity index (χ4v) is 3.19. The lowest BCUT2D eigenvalue weighted by molar-refractivity contribution is 0.879. The standard InChI is InChI=1S/C24H19N7/c1-2-6-19(7-3-1)28-21-8-4-5-18(15-21)23-13-14-26-24(30-23)29-20-9-11-22(12-10-20)31-17-25-16-27-31/h1-17,28H,(H,26,29,30). The van der Waals surface area contributed by atoms with Crippen molar-refractivity contribution in [3.63, 3.8) is 0 Å². The molecule has 7 nitrogen and oxygen atoms in total. The Morgan fingerprint density at radius 2 is 1.52 bits per heavy atom. The number of para-hydroxylation sites is 1. The third kappa shape index (κ3) is 4.40. The maximum Gasteiger partial charge on any atom is 0.227 e. The van der Waals surface area contributed by atoms with Crippen molar-refractivity contribution >= 4 is 23.0 Å². The molecule has 0 aliphatic heterocycles. The highest BCUT2D eigenvalue weighted by molar-refractivity contribution is 5.69. The Balaban J connectivity index is 1.34. The van der Waals surface area contributed by atoms with Gasteiger partial charge in [0.1, 0.15) is 12.7 Å². The van der Waals surface area contributed by atoms with Gasteiger partial charge in [-0.15, -0.1) is 0 Å².